The molecule has 1 aromatic rings. The van der Waals surface area contributed by atoms with Crippen LogP contribution >= 0.6 is 0 Å². The fourth-order valence-corrected chi connectivity index (χ4v) is 3.31. The smallest absolute Gasteiger partial charge is 0.190 e. The Morgan fingerprint density at radius 3 is 2.68 bits per heavy atom. The van der Waals surface area contributed by atoms with Crippen LogP contribution in [0.4, 0.5) is 0 Å². The molecule has 2 unspecified atom stereocenters. The lowest BCUT2D eigenvalue weighted by molar-refractivity contribution is 0.122. The molecule has 1 aliphatic heterocycles. The van der Waals surface area contributed by atoms with Gasteiger partial charge < -0.3 is 15.4 Å². The number of nitrogens with one attached hydrogen (secondary N) is 2. The second-order valence-electron chi connectivity index (χ2n) is 5.80. The van der Waals surface area contributed by atoms with Crippen molar-refractivity contribution in [2.24, 2.45) is 10.9 Å². The van der Waals surface area contributed by atoms with Crippen molar-refractivity contribution in [3.63, 3.8) is 0 Å². The number of likely N-dealkylation sites (tertiary alicyclic amines) is 1. The maximum absolute atomic E-state index is 5.27. The van der Waals surface area contributed by atoms with Gasteiger partial charge >= 0.3 is 0 Å². The minimum absolute atomic E-state index is 0.433. The van der Waals surface area contributed by atoms with Crippen molar-refractivity contribution in [2.75, 3.05) is 41.3 Å². The Labute approximate surface area is 133 Å². The van der Waals surface area contributed by atoms with E-state index >= 15 is 0 Å². The average Bonchev–Trinajstić information content (AvgIpc) is 2.56. The molecule has 0 radical (unpaired) electrons. The van der Waals surface area contributed by atoms with Crippen LogP contribution in [0.15, 0.2) is 29.3 Å². The van der Waals surface area contributed by atoms with E-state index in [0.29, 0.717) is 12.0 Å². The van der Waals surface area contributed by atoms with E-state index in [9.17, 15) is 0 Å². The fourth-order valence-electron chi connectivity index (χ4n) is 3.31. The normalized spacial score (nSPS) is 23.2. The van der Waals surface area contributed by atoms with Crippen molar-refractivity contribution in [1.82, 2.24) is 15.5 Å². The molecule has 1 fully saturated rings. The van der Waals surface area contributed by atoms with Crippen molar-refractivity contribution in [1.29, 1.82) is 0 Å². The standard InChI is InChI=1S/C17H28N4O/c1-18-17(19-2)20-12-14-6-5-11-21(3)16(14)13-7-9-15(22-4)10-8-13/h7-10,14,16H,5-6,11-12H2,1-4H3,(H2,18,19,20). The lowest BCUT2D eigenvalue weighted by Crippen LogP contribution is -2.44. The Morgan fingerprint density at radius 1 is 1.36 bits per heavy atom. The molecule has 2 N–H and O–H groups in total. The van der Waals surface area contributed by atoms with Gasteiger partial charge in [-0.2, -0.15) is 0 Å². The third-order valence-corrected chi connectivity index (χ3v) is 4.46. The first-order valence-corrected chi connectivity index (χ1v) is 7.92. The highest BCUT2D eigenvalue weighted by Crippen LogP contribution is 2.35. The van der Waals surface area contributed by atoms with E-state index in [-0.39, 0.29) is 0 Å². The molecule has 2 rings (SSSR count). The van der Waals surface area contributed by atoms with Gasteiger partial charge in [-0.15, -0.1) is 0 Å². The van der Waals surface area contributed by atoms with Crippen LogP contribution in [0.3, 0.4) is 0 Å². The number of aliphatic imine (C=N–C) groups is 1. The predicted octanol–water partition coefficient (Wildman–Crippen LogP) is 1.87. The van der Waals surface area contributed by atoms with Gasteiger partial charge in [0.05, 0.1) is 7.11 Å². The predicted molar refractivity (Wildman–Crippen MR) is 91.5 cm³/mol. The van der Waals surface area contributed by atoms with Crippen LogP contribution in [0.25, 0.3) is 0 Å². The molecule has 5 heteroatoms. The van der Waals surface area contributed by atoms with Gasteiger partial charge in [-0.1, -0.05) is 12.1 Å². The summed E-state index contributed by atoms with van der Waals surface area (Å²) in [6, 6.07) is 8.90. The van der Waals surface area contributed by atoms with Crippen LogP contribution in [-0.2, 0) is 0 Å². The minimum Gasteiger partial charge on any atom is -0.497 e. The highest BCUT2D eigenvalue weighted by Gasteiger charge is 2.30. The summed E-state index contributed by atoms with van der Waals surface area (Å²) in [7, 11) is 7.61. The van der Waals surface area contributed by atoms with Crippen molar-refractivity contribution in [2.45, 2.75) is 18.9 Å². The third-order valence-electron chi connectivity index (χ3n) is 4.46. The van der Waals surface area contributed by atoms with E-state index in [0.717, 1.165) is 24.8 Å². The Hall–Kier alpha value is -1.75. The summed E-state index contributed by atoms with van der Waals surface area (Å²) >= 11 is 0. The summed E-state index contributed by atoms with van der Waals surface area (Å²) in [4.78, 5) is 6.65. The number of ether oxygens (including phenoxy) is 1. The summed E-state index contributed by atoms with van der Waals surface area (Å²) in [5.41, 5.74) is 1.36. The van der Waals surface area contributed by atoms with Crippen molar-refractivity contribution >= 4 is 5.96 Å². The van der Waals surface area contributed by atoms with Crippen LogP contribution in [-0.4, -0.2) is 52.2 Å². The van der Waals surface area contributed by atoms with Crippen LogP contribution in [0.5, 0.6) is 5.75 Å². The van der Waals surface area contributed by atoms with Gasteiger partial charge in [0.1, 0.15) is 5.75 Å². The highest BCUT2D eigenvalue weighted by molar-refractivity contribution is 5.79. The van der Waals surface area contributed by atoms with E-state index in [2.05, 4.69) is 51.8 Å². The number of guanidine groups is 1. The second kappa shape index (κ2) is 8.03. The summed E-state index contributed by atoms with van der Waals surface area (Å²) in [6.45, 7) is 2.07. The summed E-state index contributed by atoms with van der Waals surface area (Å²) in [5.74, 6) is 2.33. The van der Waals surface area contributed by atoms with E-state index < -0.39 is 0 Å². The van der Waals surface area contributed by atoms with Crippen LogP contribution in [0.1, 0.15) is 24.4 Å². The molecule has 1 heterocycles. The van der Waals surface area contributed by atoms with Gasteiger partial charge in [-0.25, -0.2) is 0 Å². The maximum atomic E-state index is 5.27. The van der Waals surface area contributed by atoms with Gasteiger partial charge in [0.15, 0.2) is 5.96 Å². The molecule has 1 aromatic carbocycles. The lowest BCUT2D eigenvalue weighted by atomic mass is 9.85. The third kappa shape index (κ3) is 3.91. The Balaban J connectivity index is 2.11. The SMILES string of the molecule is CN=C(NC)NCC1CCCN(C)C1c1ccc(OC)cc1. The molecule has 0 aromatic heterocycles. The highest BCUT2D eigenvalue weighted by atomic mass is 16.5. The van der Waals surface area contributed by atoms with Crippen molar-refractivity contribution < 1.29 is 4.74 Å². The van der Waals surface area contributed by atoms with E-state index in [1.807, 2.05) is 7.05 Å². The molecule has 0 bridgehead atoms. The Kier molecular flexibility index (Phi) is 6.07. The molecular weight excluding hydrogens is 276 g/mol. The van der Waals surface area contributed by atoms with Crippen molar-refractivity contribution in [3.05, 3.63) is 29.8 Å². The molecule has 1 saturated heterocycles. The van der Waals surface area contributed by atoms with Gasteiger partial charge in [0.25, 0.3) is 0 Å². The molecule has 0 spiro atoms. The number of nitrogens with zero attached hydrogens (tertiary/aromatic N) is 2. The number of rotatable bonds is 4. The second-order valence-corrected chi connectivity index (χ2v) is 5.80. The molecule has 22 heavy (non-hydrogen) atoms. The first kappa shape index (κ1) is 16.6. The van der Waals surface area contributed by atoms with E-state index in [4.69, 9.17) is 4.74 Å². The molecule has 2 atom stereocenters. The van der Waals surface area contributed by atoms with Gasteiger partial charge in [0, 0.05) is 26.7 Å². The van der Waals surface area contributed by atoms with Gasteiger partial charge in [-0.3, -0.25) is 9.89 Å². The zero-order valence-corrected chi connectivity index (χ0v) is 14.1. The fraction of sp³-hybridized carbons (Fsp3) is 0.588. The Bertz CT molecular complexity index is 486. The lowest BCUT2D eigenvalue weighted by Gasteiger charge is -2.40. The van der Waals surface area contributed by atoms with Crippen molar-refractivity contribution in [3.8, 4) is 5.75 Å². The number of piperidine rings is 1. The summed E-state index contributed by atoms with van der Waals surface area (Å²) < 4.78 is 5.27. The zero-order chi connectivity index (χ0) is 15.9. The van der Waals surface area contributed by atoms with Crippen LogP contribution < -0.4 is 15.4 Å². The molecule has 0 amide bonds. The van der Waals surface area contributed by atoms with Gasteiger partial charge in [-0.05, 0) is 50.0 Å². The summed E-state index contributed by atoms with van der Waals surface area (Å²) in [5, 5.41) is 6.50. The van der Waals surface area contributed by atoms with Gasteiger partial charge in [0.2, 0.25) is 0 Å². The number of methoxy groups -OCH3 is 1. The molecule has 0 saturated carbocycles. The first-order chi connectivity index (χ1) is 10.7. The number of hydrogen-bond acceptors (Lipinski definition) is 3. The average molecular weight is 304 g/mol. The maximum Gasteiger partial charge on any atom is 0.190 e. The Morgan fingerprint density at radius 2 is 2.09 bits per heavy atom. The first-order valence-electron chi connectivity index (χ1n) is 7.92. The van der Waals surface area contributed by atoms with Crippen LogP contribution in [0, 0.1) is 5.92 Å². The monoisotopic (exact) mass is 304 g/mol. The molecule has 1 aliphatic rings. The largest absolute Gasteiger partial charge is 0.497 e. The number of benzene rings is 1. The van der Waals surface area contributed by atoms with E-state index in [1.54, 1.807) is 14.2 Å². The number of hydrogen-bond donors (Lipinski definition) is 2. The molecule has 5 nitrogen and oxygen atoms in total. The molecule has 122 valence electrons. The molecule has 0 aliphatic carbocycles. The molecular formula is C17H28N4O. The summed E-state index contributed by atoms with van der Waals surface area (Å²) in [6.07, 6.45) is 2.47. The quantitative estimate of drug-likeness (QED) is 0.659. The minimum atomic E-state index is 0.433. The zero-order valence-electron chi connectivity index (χ0n) is 14.1. The van der Waals surface area contributed by atoms with Crippen LogP contribution in [0.2, 0.25) is 0 Å². The van der Waals surface area contributed by atoms with E-state index in [1.165, 1.54) is 18.4 Å². The topological polar surface area (TPSA) is 48.9 Å².